The largest absolute Gasteiger partial charge is 0.368 e. The van der Waals surface area contributed by atoms with Crippen LogP contribution in [0.25, 0.3) is 0 Å². The van der Waals surface area contributed by atoms with Crippen molar-refractivity contribution in [2.45, 2.75) is 0 Å². The van der Waals surface area contributed by atoms with Gasteiger partial charge in [0.1, 0.15) is 11.9 Å². The van der Waals surface area contributed by atoms with Crippen LogP contribution in [0.3, 0.4) is 0 Å². The van der Waals surface area contributed by atoms with Gasteiger partial charge in [-0.15, -0.1) is 0 Å². The topological polar surface area (TPSA) is 117 Å². The summed E-state index contributed by atoms with van der Waals surface area (Å²) in [5.74, 6) is -0.115. The Morgan fingerprint density at radius 2 is 1.56 bits per heavy atom. The monoisotopic (exact) mass is 368 g/mol. The highest BCUT2D eigenvalue weighted by Crippen LogP contribution is 2.21. The molecule has 0 radical (unpaired) electrons. The molecular formula is C18H20N6O3. The average Bonchev–Trinajstić information content (AvgIpc) is 2.69. The number of piperazine rings is 1. The molecule has 0 saturated carbocycles. The summed E-state index contributed by atoms with van der Waals surface area (Å²) >= 11 is 0. The summed E-state index contributed by atoms with van der Waals surface area (Å²) in [5, 5.41) is 9.42. The second-order valence-corrected chi connectivity index (χ2v) is 6.40. The predicted molar refractivity (Wildman–Crippen MR) is 101 cm³/mol. The molecule has 2 aromatic rings. The smallest absolute Gasteiger partial charge is 0.332 e. The average molecular weight is 368 g/mol. The van der Waals surface area contributed by atoms with Gasteiger partial charge >= 0.3 is 5.69 Å². The van der Waals surface area contributed by atoms with Gasteiger partial charge in [0, 0.05) is 51.5 Å². The van der Waals surface area contributed by atoms with Gasteiger partial charge in [-0.05, 0) is 24.3 Å². The number of aromatic nitrogens is 2. The van der Waals surface area contributed by atoms with Gasteiger partial charge < -0.3 is 15.5 Å². The first-order valence-corrected chi connectivity index (χ1v) is 8.45. The van der Waals surface area contributed by atoms with Gasteiger partial charge in [0.15, 0.2) is 5.56 Å². The second-order valence-electron chi connectivity index (χ2n) is 6.40. The first-order chi connectivity index (χ1) is 12.8. The van der Waals surface area contributed by atoms with E-state index in [1.807, 2.05) is 23.1 Å². The first kappa shape index (κ1) is 18.3. The van der Waals surface area contributed by atoms with Crippen molar-refractivity contribution >= 4 is 17.4 Å². The maximum Gasteiger partial charge on any atom is 0.332 e. The van der Waals surface area contributed by atoms with E-state index >= 15 is 0 Å². The van der Waals surface area contributed by atoms with Crippen molar-refractivity contribution < 1.29 is 4.79 Å². The number of hydrogen-bond donors (Lipinski definition) is 1. The molecule has 1 saturated heterocycles. The van der Waals surface area contributed by atoms with E-state index in [0.29, 0.717) is 37.6 Å². The van der Waals surface area contributed by atoms with E-state index in [2.05, 4.69) is 4.90 Å². The molecule has 0 aliphatic carbocycles. The number of hydrogen-bond acceptors (Lipinski definition) is 6. The molecule has 0 unspecified atom stereocenters. The summed E-state index contributed by atoms with van der Waals surface area (Å²) < 4.78 is 2.29. The van der Waals surface area contributed by atoms with Crippen molar-refractivity contribution in [1.29, 1.82) is 5.26 Å². The minimum Gasteiger partial charge on any atom is -0.368 e. The fraction of sp³-hybridized carbons (Fsp3) is 0.333. The van der Waals surface area contributed by atoms with Gasteiger partial charge in [0.05, 0.1) is 0 Å². The molecule has 9 heteroatoms. The molecule has 0 spiro atoms. The van der Waals surface area contributed by atoms with Gasteiger partial charge in [0.2, 0.25) is 5.91 Å². The van der Waals surface area contributed by atoms with Gasteiger partial charge in [-0.25, -0.2) is 4.79 Å². The van der Waals surface area contributed by atoms with Crippen molar-refractivity contribution in [1.82, 2.24) is 9.13 Å². The van der Waals surface area contributed by atoms with Crippen LogP contribution in [-0.2, 0) is 14.1 Å². The van der Waals surface area contributed by atoms with Crippen LogP contribution in [0.5, 0.6) is 0 Å². The first-order valence-electron chi connectivity index (χ1n) is 8.45. The van der Waals surface area contributed by atoms with Crippen LogP contribution in [-0.4, -0.2) is 41.2 Å². The van der Waals surface area contributed by atoms with E-state index in [9.17, 15) is 19.6 Å². The van der Waals surface area contributed by atoms with E-state index in [4.69, 9.17) is 5.73 Å². The number of anilines is 2. The molecule has 1 aliphatic rings. The Morgan fingerprint density at radius 3 is 2.07 bits per heavy atom. The zero-order valence-corrected chi connectivity index (χ0v) is 15.2. The van der Waals surface area contributed by atoms with Crippen LogP contribution in [0.4, 0.5) is 11.5 Å². The number of primary amides is 1. The highest BCUT2D eigenvalue weighted by molar-refractivity contribution is 5.93. The zero-order chi connectivity index (χ0) is 19.7. The fourth-order valence-corrected chi connectivity index (χ4v) is 3.31. The molecule has 2 heterocycles. The number of amides is 1. The van der Waals surface area contributed by atoms with E-state index in [1.54, 1.807) is 19.2 Å². The molecule has 3 rings (SSSR count). The number of rotatable bonds is 3. The lowest BCUT2D eigenvalue weighted by Gasteiger charge is -2.38. The molecule has 0 bridgehead atoms. The Hall–Kier alpha value is -3.54. The van der Waals surface area contributed by atoms with Crippen molar-refractivity contribution in [3.63, 3.8) is 0 Å². The summed E-state index contributed by atoms with van der Waals surface area (Å²) in [4.78, 5) is 39.7. The van der Waals surface area contributed by atoms with E-state index in [-0.39, 0.29) is 5.56 Å². The molecule has 1 aromatic carbocycles. The van der Waals surface area contributed by atoms with Crippen LogP contribution >= 0.6 is 0 Å². The molecule has 27 heavy (non-hydrogen) atoms. The summed E-state index contributed by atoms with van der Waals surface area (Å²) in [5.41, 5.74) is 5.60. The molecule has 9 nitrogen and oxygen atoms in total. The van der Waals surface area contributed by atoms with Crippen molar-refractivity contribution in [3.05, 3.63) is 56.2 Å². The summed E-state index contributed by atoms with van der Waals surface area (Å²) in [7, 11) is 2.93. The lowest BCUT2D eigenvalue weighted by molar-refractivity contribution is 0.100. The van der Waals surface area contributed by atoms with Crippen LogP contribution in [0.2, 0.25) is 0 Å². The number of nitrogens with two attached hydrogens (primary N) is 1. The fourth-order valence-electron chi connectivity index (χ4n) is 3.31. The minimum atomic E-state index is -0.583. The van der Waals surface area contributed by atoms with Gasteiger partial charge in [-0.3, -0.25) is 18.7 Å². The second kappa shape index (κ2) is 6.99. The highest BCUT2D eigenvalue weighted by Gasteiger charge is 2.24. The molecular weight excluding hydrogens is 348 g/mol. The maximum atomic E-state index is 12.3. The quantitative estimate of drug-likeness (QED) is 0.772. The third-order valence-electron chi connectivity index (χ3n) is 4.84. The Balaban J connectivity index is 1.84. The summed E-state index contributed by atoms with van der Waals surface area (Å²) in [6.45, 7) is 2.38. The van der Waals surface area contributed by atoms with Gasteiger partial charge in [0.25, 0.3) is 5.56 Å². The highest BCUT2D eigenvalue weighted by atomic mass is 16.2. The van der Waals surface area contributed by atoms with Crippen molar-refractivity contribution in [2.75, 3.05) is 36.0 Å². The third-order valence-corrected chi connectivity index (χ3v) is 4.84. The number of carbonyl (C=O) groups is 1. The Morgan fingerprint density at radius 1 is 1.00 bits per heavy atom. The summed E-state index contributed by atoms with van der Waals surface area (Å²) in [6, 6.07) is 8.98. The van der Waals surface area contributed by atoms with Crippen molar-refractivity contribution in [2.24, 2.45) is 19.8 Å². The maximum absolute atomic E-state index is 12.3. The normalized spacial score (nSPS) is 14.1. The Bertz CT molecular complexity index is 1040. The molecule has 0 atom stereocenters. The van der Waals surface area contributed by atoms with Crippen molar-refractivity contribution in [3.8, 4) is 6.07 Å². The van der Waals surface area contributed by atoms with Crippen LogP contribution in [0.15, 0.2) is 33.9 Å². The van der Waals surface area contributed by atoms with Crippen LogP contribution in [0, 0.1) is 11.3 Å². The standard InChI is InChI=1S/C18H20N6O3/c1-21-16(14(11-19)17(26)22(2)18(21)27)24-9-7-23(8-10-24)13-5-3-12(4-6-13)15(20)25/h3-6H,7-10H2,1-2H3,(H2,20,25). The third kappa shape index (κ3) is 3.17. The molecule has 1 fully saturated rings. The van der Waals surface area contributed by atoms with E-state index < -0.39 is 17.2 Å². The number of nitrogens with zero attached hydrogens (tertiary/aromatic N) is 5. The molecule has 1 amide bonds. The van der Waals surface area contributed by atoms with E-state index in [1.165, 1.54) is 11.6 Å². The van der Waals surface area contributed by atoms with Gasteiger partial charge in [-0.2, -0.15) is 5.26 Å². The number of carbonyl (C=O) groups excluding carboxylic acids is 1. The minimum absolute atomic E-state index is 0.0288. The molecule has 140 valence electrons. The summed E-state index contributed by atoms with van der Waals surface area (Å²) in [6.07, 6.45) is 0. The number of benzene rings is 1. The lowest BCUT2D eigenvalue weighted by Crippen LogP contribution is -2.50. The van der Waals surface area contributed by atoms with Gasteiger partial charge in [-0.1, -0.05) is 0 Å². The molecule has 1 aliphatic heterocycles. The van der Waals surface area contributed by atoms with E-state index in [0.717, 1.165) is 10.3 Å². The number of nitriles is 1. The van der Waals surface area contributed by atoms with Crippen LogP contribution in [0.1, 0.15) is 15.9 Å². The molecule has 1 aromatic heterocycles. The van der Waals surface area contributed by atoms with Crippen LogP contribution < -0.4 is 26.8 Å². The molecule has 2 N–H and O–H groups in total. The SMILES string of the molecule is Cn1c(N2CCN(c3ccc(C(N)=O)cc3)CC2)c(C#N)c(=O)n(C)c1=O. The predicted octanol–water partition coefficient (Wildman–Crippen LogP) is -0.619. The Kier molecular flexibility index (Phi) is 4.73. The zero-order valence-electron chi connectivity index (χ0n) is 15.2. The Labute approximate surface area is 155 Å². The lowest BCUT2D eigenvalue weighted by atomic mass is 10.1.